The van der Waals surface area contributed by atoms with Crippen LogP contribution in [-0.4, -0.2) is 51.2 Å². The lowest BCUT2D eigenvalue weighted by Crippen LogP contribution is -2.39. The summed E-state index contributed by atoms with van der Waals surface area (Å²) in [7, 11) is 4.03. The maximum atomic E-state index is 4.78. The van der Waals surface area contributed by atoms with E-state index in [4.69, 9.17) is 4.99 Å². The van der Waals surface area contributed by atoms with E-state index in [-0.39, 0.29) is 0 Å². The van der Waals surface area contributed by atoms with Crippen molar-refractivity contribution in [2.45, 2.75) is 26.4 Å². The number of guanidine groups is 1. The molecular formula is C18H27BrN6S. The second-order valence-electron chi connectivity index (χ2n) is 6.08. The Hall–Kier alpha value is -1.54. The molecule has 0 aliphatic heterocycles. The van der Waals surface area contributed by atoms with E-state index in [2.05, 4.69) is 67.8 Å². The molecule has 0 saturated carbocycles. The summed E-state index contributed by atoms with van der Waals surface area (Å²) in [6.07, 6.45) is 3.23. The summed E-state index contributed by atoms with van der Waals surface area (Å²) in [5, 5.41) is 11.8. The molecule has 1 aromatic carbocycles. The lowest BCUT2D eigenvalue weighted by molar-refractivity contribution is 0.473. The zero-order valence-corrected chi connectivity index (χ0v) is 18.3. The highest BCUT2D eigenvalue weighted by Gasteiger charge is 2.10. The van der Waals surface area contributed by atoms with Crippen molar-refractivity contribution in [1.82, 2.24) is 25.0 Å². The average molecular weight is 439 g/mol. The van der Waals surface area contributed by atoms with Gasteiger partial charge in [-0.25, -0.2) is 4.99 Å². The number of aliphatic imine (C=N–C) groups is 1. The zero-order valence-electron chi connectivity index (χ0n) is 15.9. The highest BCUT2D eigenvalue weighted by molar-refractivity contribution is 9.10. The fourth-order valence-electron chi connectivity index (χ4n) is 2.42. The van der Waals surface area contributed by atoms with E-state index in [0.29, 0.717) is 6.54 Å². The van der Waals surface area contributed by atoms with Crippen molar-refractivity contribution in [1.29, 1.82) is 0 Å². The van der Waals surface area contributed by atoms with Gasteiger partial charge in [0, 0.05) is 31.7 Å². The Morgan fingerprint density at radius 2 is 2.12 bits per heavy atom. The minimum absolute atomic E-state index is 0.502. The third-order valence-electron chi connectivity index (χ3n) is 4.09. The molecule has 2 aromatic rings. The largest absolute Gasteiger partial charge is 0.356 e. The number of nitrogens with one attached hydrogen (secondary N) is 1. The molecule has 0 atom stereocenters. The molecule has 0 radical (unpaired) electrons. The van der Waals surface area contributed by atoms with Gasteiger partial charge in [-0.1, -0.05) is 34.1 Å². The maximum absolute atomic E-state index is 4.78. The van der Waals surface area contributed by atoms with Gasteiger partial charge in [-0.15, -0.1) is 10.2 Å². The Kier molecular flexibility index (Phi) is 8.44. The molecule has 0 saturated heterocycles. The molecule has 1 heterocycles. The predicted molar refractivity (Wildman–Crippen MR) is 113 cm³/mol. The SMILES string of the molecule is CSCCCNC(=NCc1nnc(C)n1C)N(C)Cc1ccccc1Br. The molecule has 0 fully saturated rings. The first-order valence-corrected chi connectivity index (χ1v) is 10.8. The molecule has 0 aliphatic rings. The molecule has 26 heavy (non-hydrogen) atoms. The summed E-state index contributed by atoms with van der Waals surface area (Å²) in [6, 6.07) is 8.27. The normalized spacial score (nSPS) is 11.7. The van der Waals surface area contributed by atoms with E-state index in [1.54, 1.807) is 0 Å². The number of aromatic nitrogens is 3. The molecule has 0 bridgehead atoms. The van der Waals surface area contributed by atoms with Crippen LogP contribution in [0.2, 0.25) is 0 Å². The monoisotopic (exact) mass is 438 g/mol. The van der Waals surface area contributed by atoms with Gasteiger partial charge >= 0.3 is 0 Å². The van der Waals surface area contributed by atoms with E-state index in [1.807, 2.05) is 36.4 Å². The molecule has 8 heteroatoms. The molecule has 2 rings (SSSR count). The van der Waals surface area contributed by atoms with Crippen molar-refractivity contribution in [3.63, 3.8) is 0 Å². The average Bonchev–Trinajstić information content (AvgIpc) is 2.95. The summed E-state index contributed by atoms with van der Waals surface area (Å²) >= 11 is 5.48. The van der Waals surface area contributed by atoms with E-state index in [0.717, 1.165) is 47.3 Å². The molecule has 1 N–H and O–H groups in total. The number of nitrogens with zero attached hydrogens (tertiary/aromatic N) is 5. The fraction of sp³-hybridized carbons (Fsp3) is 0.500. The van der Waals surface area contributed by atoms with Crippen LogP contribution in [0.25, 0.3) is 0 Å². The van der Waals surface area contributed by atoms with Crippen LogP contribution in [0.5, 0.6) is 0 Å². The Balaban J connectivity index is 2.09. The molecular weight excluding hydrogens is 412 g/mol. The number of halogens is 1. The van der Waals surface area contributed by atoms with Crippen LogP contribution in [0.15, 0.2) is 33.7 Å². The van der Waals surface area contributed by atoms with E-state index >= 15 is 0 Å². The fourth-order valence-corrected chi connectivity index (χ4v) is 3.26. The number of aryl methyl sites for hydroxylation is 1. The molecule has 0 unspecified atom stereocenters. The Labute approximate surface area is 168 Å². The number of hydrogen-bond donors (Lipinski definition) is 1. The van der Waals surface area contributed by atoms with E-state index < -0.39 is 0 Å². The highest BCUT2D eigenvalue weighted by atomic mass is 79.9. The van der Waals surface area contributed by atoms with Crippen molar-refractivity contribution in [3.8, 4) is 0 Å². The van der Waals surface area contributed by atoms with Crippen LogP contribution in [0.4, 0.5) is 0 Å². The second kappa shape index (κ2) is 10.6. The zero-order chi connectivity index (χ0) is 18.9. The van der Waals surface area contributed by atoms with Gasteiger partial charge in [-0.2, -0.15) is 11.8 Å². The van der Waals surface area contributed by atoms with Crippen molar-refractivity contribution in [2.24, 2.45) is 12.0 Å². The van der Waals surface area contributed by atoms with Gasteiger partial charge in [0.15, 0.2) is 11.8 Å². The molecule has 0 spiro atoms. The Bertz CT molecular complexity index is 730. The Morgan fingerprint density at radius 3 is 2.77 bits per heavy atom. The highest BCUT2D eigenvalue weighted by Crippen LogP contribution is 2.17. The minimum atomic E-state index is 0.502. The topological polar surface area (TPSA) is 58.3 Å². The second-order valence-corrected chi connectivity index (χ2v) is 7.92. The molecule has 0 aliphatic carbocycles. The standard InChI is InChI=1S/C18H27BrN6S/c1-14-22-23-17(25(14)3)12-21-18(20-10-7-11-26-4)24(2)13-15-8-5-6-9-16(15)19/h5-6,8-9H,7,10-13H2,1-4H3,(H,20,21). The van der Waals surface area contributed by atoms with Crippen molar-refractivity contribution >= 4 is 33.7 Å². The molecule has 1 aromatic heterocycles. The smallest absolute Gasteiger partial charge is 0.194 e. The number of rotatable bonds is 8. The number of benzene rings is 1. The van der Waals surface area contributed by atoms with Crippen LogP contribution in [-0.2, 0) is 20.1 Å². The van der Waals surface area contributed by atoms with Gasteiger partial charge in [-0.05, 0) is 37.0 Å². The van der Waals surface area contributed by atoms with E-state index in [9.17, 15) is 0 Å². The summed E-state index contributed by atoms with van der Waals surface area (Å²) in [5.41, 5.74) is 1.23. The van der Waals surface area contributed by atoms with Gasteiger partial charge < -0.3 is 14.8 Å². The van der Waals surface area contributed by atoms with Crippen LogP contribution in [0, 0.1) is 6.92 Å². The number of thioether (sulfide) groups is 1. The first-order chi connectivity index (χ1) is 12.5. The molecule has 142 valence electrons. The Morgan fingerprint density at radius 1 is 1.35 bits per heavy atom. The third kappa shape index (κ3) is 6.02. The summed E-state index contributed by atoms with van der Waals surface area (Å²) in [4.78, 5) is 6.92. The summed E-state index contributed by atoms with van der Waals surface area (Å²) < 4.78 is 3.08. The molecule has 6 nitrogen and oxygen atoms in total. The predicted octanol–water partition coefficient (Wildman–Crippen LogP) is 3.22. The van der Waals surface area contributed by atoms with Gasteiger partial charge in [-0.3, -0.25) is 0 Å². The molecule has 0 amide bonds. The number of hydrogen-bond acceptors (Lipinski definition) is 4. The third-order valence-corrected chi connectivity index (χ3v) is 5.56. The van der Waals surface area contributed by atoms with Crippen molar-refractivity contribution in [2.75, 3.05) is 25.6 Å². The quantitative estimate of drug-likeness (QED) is 0.389. The van der Waals surface area contributed by atoms with Gasteiger partial charge in [0.05, 0.1) is 0 Å². The van der Waals surface area contributed by atoms with E-state index in [1.165, 1.54) is 5.56 Å². The van der Waals surface area contributed by atoms with Crippen molar-refractivity contribution < 1.29 is 0 Å². The first kappa shape index (κ1) is 20.8. The van der Waals surface area contributed by atoms with Gasteiger partial charge in [0.2, 0.25) is 0 Å². The summed E-state index contributed by atoms with van der Waals surface area (Å²) in [6.45, 7) is 4.12. The van der Waals surface area contributed by atoms with Gasteiger partial charge in [0.1, 0.15) is 12.4 Å². The lowest BCUT2D eigenvalue weighted by atomic mass is 10.2. The lowest BCUT2D eigenvalue weighted by Gasteiger charge is -2.23. The first-order valence-electron chi connectivity index (χ1n) is 8.59. The van der Waals surface area contributed by atoms with Crippen LogP contribution in [0.3, 0.4) is 0 Å². The van der Waals surface area contributed by atoms with Gasteiger partial charge in [0.25, 0.3) is 0 Å². The van der Waals surface area contributed by atoms with Crippen LogP contribution >= 0.6 is 27.7 Å². The van der Waals surface area contributed by atoms with Crippen molar-refractivity contribution in [3.05, 3.63) is 46.0 Å². The summed E-state index contributed by atoms with van der Waals surface area (Å²) in [5.74, 6) is 3.77. The van der Waals surface area contributed by atoms with Crippen LogP contribution < -0.4 is 5.32 Å². The maximum Gasteiger partial charge on any atom is 0.194 e. The minimum Gasteiger partial charge on any atom is -0.356 e. The van der Waals surface area contributed by atoms with Crippen LogP contribution in [0.1, 0.15) is 23.6 Å².